The molecular weight excluding hydrogens is 260 g/mol. The van der Waals surface area contributed by atoms with Crippen molar-refractivity contribution in [1.29, 1.82) is 0 Å². The molecule has 1 aromatic carbocycles. The van der Waals surface area contributed by atoms with Gasteiger partial charge in [0.05, 0.1) is 5.75 Å². The summed E-state index contributed by atoms with van der Waals surface area (Å²) in [6.07, 6.45) is 0. The second kappa shape index (κ2) is 6.73. The predicted molar refractivity (Wildman–Crippen MR) is 76.9 cm³/mol. The molecule has 1 unspecified atom stereocenters. The van der Waals surface area contributed by atoms with Gasteiger partial charge in [0, 0.05) is 12.2 Å². The van der Waals surface area contributed by atoms with Crippen LogP contribution >= 0.6 is 11.8 Å². The van der Waals surface area contributed by atoms with Crippen LogP contribution in [0, 0.1) is 12.8 Å². The Kier molecular flexibility index (Phi) is 4.99. The van der Waals surface area contributed by atoms with Crippen molar-refractivity contribution < 1.29 is 9.63 Å². The fourth-order valence-corrected chi connectivity index (χ4v) is 2.46. The van der Waals surface area contributed by atoms with Crippen LogP contribution in [0.15, 0.2) is 28.8 Å². The zero-order chi connectivity index (χ0) is 13.7. The lowest BCUT2D eigenvalue weighted by Gasteiger charge is -2.04. The Morgan fingerprint density at radius 3 is 2.74 bits per heavy atom. The van der Waals surface area contributed by atoms with Crippen LogP contribution in [0.1, 0.15) is 18.3 Å². The maximum atomic E-state index is 8.94. The first-order valence-electron chi connectivity index (χ1n) is 6.27. The highest BCUT2D eigenvalue weighted by Gasteiger charge is 2.09. The molecule has 0 amide bonds. The quantitative estimate of drug-likeness (QED) is 0.880. The number of hydrogen-bond acceptors (Lipinski definition) is 5. The lowest BCUT2D eigenvalue weighted by Crippen LogP contribution is -2.03. The summed E-state index contributed by atoms with van der Waals surface area (Å²) >= 11 is 1.71. The maximum absolute atomic E-state index is 8.94. The number of rotatable bonds is 6. The number of nitrogens with zero attached hydrogens (tertiary/aromatic N) is 2. The number of aryl methyl sites for hydroxylation is 1. The molecule has 0 fully saturated rings. The third-order valence-electron chi connectivity index (χ3n) is 2.71. The summed E-state index contributed by atoms with van der Waals surface area (Å²) in [6.45, 7) is 4.27. The molecule has 5 heteroatoms. The molecule has 0 aliphatic carbocycles. The van der Waals surface area contributed by atoms with Gasteiger partial charge in [0.1, 0.15) is 0 Å². The number of thioether (sulfide) groups is 1. The Bertz CT molecular complexity index is 510. The first-order valence-corrected chi connectivity index (χ1v) is 7.42. The van der Waals surface area contributed by atoms with Crippen molar-refractivity contribution in [2.24, 2.45) is 5.92 Å². The molecule has 102 valence electrons. The van der Waals surface area contributed by atoms with Crippen molar-refractivity contribution in [1.82, 2.24) is 10.1 Å². The average molecular weight is 278 g/mol. The Labute approximate surface area is 117 Å². The molecular formula is C14H18N2O2S. The summed E-state index contributed by atoms with van der Waals surface area (Å²) < 4.78 is 5.25. The van der Waals surface area contributed by atoms with Gasteiger partial charge < -0.3 is 9.63 Å². The van der Waals surface area contributed by atoms with Crippen LogP contribution in [0.4, 0.5) is 0 Å². The average Bonchev–Trinajstić information content (AvgIpc) is 2.88. The predicted octanol–water partition coefficient (Wildman–Crippen LogP) is 2.91. The van der Waals surface area contributed by atoms with Gasteiger partial charge in [0.2, 0.25) is 0 Å². The highest BCUT2D eigenvalue weighted by atomic mass is 32.2. The van der Waals surface area contributed by atoms with E-state index in [2.05, 4.69) is 10.1 Å². The zero-order valence-corrected chi connectivity index (χ0v) is 12.0. The van der Waals surface area contributed by atoms with E-state index in [9.17, 15) is 0 Å². The molecule has 1 heterocycles. The van der Waals surface area contributed by atoms with Crippen LogP contribution in [0.25, 0.3) is 11.5 Å². The van der Waals surface area contributed by atoms with E-state index in [4.69, 9.17) is 9.63 Å². The number of aromatic nitrogens is 2. The molecule has 19 heavy (non-hydrogen) atoms. The smallest absolute Gasteiger partial charge is 0.257 e. The number of aliphatic hydroxyl groups excluding tert-OH is 1. The Hall–Kier alpha value is -1.33. The van der Waals surface area contributed by atoms with Gasteiger partial charge in [0.25, 0.3) is 5.89 Å². The third-order valence-corrected chi connectivity index (χ3v) is 3.98. The van der Waals surface area contributed by atoms with E-state index < -0.39 is 0 Å². The van der Waals surface area contributed by atoms with Gasteiger partial charge in [-0.3, -0.25) is 0 Å². The van der Waals surface area contributed by atoms with E-state index in [-0.39, 0.29) is 6.61 Å². The van der Waals surface area contributed by atoms with Gasteiger partial charge in [0.15, 0.2) is 5.82 Å². The van der Waals surface area contributed by atoms with Crippen LogP contribution in [-0.2, 0) is 5.75 Å². The Morgan fingerprint density at radius 2 is 2.05 bits per heavy atom. The largest absolute Gasteiger partial charge is 0.396 e. The van der Waals surface area contributed by atoms with Crippen LogP contribution in [0.5, 0.6) is 0 Å². The van der Waals surface area contributed by atoms with Gasteiger partial charge in [-0.15, -0.1) is 0 Å². The Morgan fingerprint density at radius 1 is 1.32 bits per heavy atom. The molecule has 0 spiro atoms. The standard InChI is InChI=1S/C14H18N2O2S/c1-10-3-5-12(6-4-10)14-15-13(16-18-14)9-19-8-11(2)7-17/h3-6,11,17H,7-9H2,1-2H3. The van der Waals surface area contributed by atoms with E-state index in [1.54, 1.807) is 11.8 Å². The molecule has 2 aromatic rings. The first kappa shape index (κ1) is 14.1. The number of aliphatic hydroxyl groups is 1. The minimum absolute atomic E-state index is 0.216. The van der Waals surface area contributed by atoms with Gasteiger partial charge in [-0.25, -0.2) is 0 Å². The second-order valence-electron chi connectivity index (χ2n) is 4.68. The summed E-state index contributed by atoms with van der Waals surface area (Å²) in [6, 6.07) is 8.01. The van der Waals surface area contributed by atoms with Crippen molar-refractivity contribution >= 4 is 11.8 Å². The minimum atomic E-state index is 0.216. The summed E-state index contributed by atoms with van der Waals surface area (Å²) in [5, 5.41) is 12.9. The summed E-state index contributed by atoms with van der Waals surface area (Å²) in [5.41, 5.74) is 2.15. The SMILES string of the molecule is Cc1ccc(-c2nc(CSCC(C)CO)no2)cc1. The van der Waals surface area contributed by atoms with Crippen LogP contribution < -0.4 is 0 Å². The molecule has 0 aliphatic heterocycles. The molecule has 0 saturated carbocycles. The van der Waals surface area contributed by atoms with E-state index in [0.717, 1.165) is 11.3 Å². The molecule has 0 radical (unpaired) electrons. The number of benzene rings is 1. The summed E-state index contributed by atoms with van der Waals surface area (Å²) in [7, 11) is 0. The van der Waals surface area contributed by atoms with Crippen molar-refractivity contribution in [2.75, 3.05) is 12.4 Å². The topological polar surface area (TPSA) is 59.2 Å². The fourth-order valence-electron chi connectivity index (χ4n) is 1.53. The van der Waals surface area contributed by atoms with Crippen LogP contribution in [-0.4, -0.2) is 27.6 Å². The van der Waals surface area contributed by atoms with Gasteiger partial charge in [-0.2, -0.15) is 16.7 Å². The number of hydrogen-bond donors (Lipinski definition) is 1. The van der Waals surface area contributed by atoms with Crippen LogP contribution in [0.2, 0.25) is 0 Å². The highest BCUT2D eigenvalue weighted by molar-refractivity contribution is 7.98. The van der Waals surface area contributed by atoms with Gasteiger partial charge in [-0.1, -0.05) is 29.8 Å². The molecule has 0 saturated heterocycles. The lowest BCUT2D eigenvalue weighted by molar-refractivity contribution is 0.250. The van der Waals surface area contributed by atoms with Crippen molar-refractivity contribution in [3.63, 3.8) is 0 Å². The van der Waals surface area contributed by atoms with Crippen LogP contribution in [0.3, 0.4) is 0 Å². The molecule has 1 aromatic heterocycles. The highest BCUT2D eigenvalue weighted by Crippen LogP contribution is 2.20. The van der Waals surface area contributed by atoms with Gasteiger partial charge in [-0.05, 0) is 30.7 Å². The minimum Gasteiger partial charge on any atom is -0.396 e. The van der Waals surface area contributed by atoms with Crippen molar-refractivity contribution in [2.45, 2.75) is 19.6 Å². The molecule has 0 aliphatic rings. The Balaban J connectivity index is 1.93. The monoisotopic (exact) mass is 278 g/mol. The van der Waals surface area contributed by atoms with E-state index in [0.29, 0.717) is 23.4 Å². The second-order valence-corrected chi connectivity index (χ2v) is 5.71. The normalized spacial score (nSPS) is 12.6. The first-order chi connectivity index (χ1) is 9.19. The summed E-state index contributed by atoms with van der Waals surface area (Å²) in [5.74, 6) is 3.16. The molecule has 1 atom stereocenters. The van der Waals surface area contributed by atoms with Crippen molar-refractivity contribution in [3.8, 4) is 11.5 Å². The molecule has 1 N–H and O–H groups in total. The lowest BCUT2D eigenvalue weighted by atomic mass is 10.1. The van der Waals surface area contributed by atoms with E-state index >= 15 is 0 Å². The fraction of sp³-hybridized carbons (Fsp3) is 0.429. The zero-order valence-electron chi connectivity index (χ0n) is 11.2. The maximum Gasteiger partial charge on any atom is 0.257 e. The molecule has 0 bridgehead atoms. The third kappa shape index (κ3) is 4.08. The van der Waals surface area contributed by atoms with E-state index in [1.165, 1.54) is 5.56 Å². The summed E-state index contributed by atoms with van der Waals surface area (Å²) in [4.78, 5) is 4.37. The van der Waals surface area contributed by atoms with Gasteiger partial charge >= 0.3 is 0 Å². The molecule has 4 nitrogen and oxygen atoms in total. The van der Waals surface area contributed by atoms with E-state index in [1.807, 2.05) is 38.1 Å². The molecule has 2 rings (SSSR count). The van der Waals surface area contributed by atoms with Crippen molar-refractivity contribution in [3.05, 3.63) is 35.7 Å².